The number of hydrogen-bond acceptors (Lipinski definition) is 4. The van der Waals surface area contributed by atoms with Gasteiger partial charge in [-0.05, 0) is 56.7 Å². The van der Waals surface area contributed by atoms with Crippen LogP contribution >= 0.6 is 0 Å². The Labute approximate surface area is 155 Å². The molecule has 2 heterocycles. The Hall–Kier alpha value is -1.88. The molecule has 1 aliphatic heterocycles. The Morgan fingerprint density at radius 1 is 1.15 bits per heavy atom. The molecule has 5 nitrogen and oxygen atoms in total. The first-order valence-electron chi connectivity index (χ1n) is 10.2. The van der Waals surface area contributed by atoms with Crippen molar-refractivity contribution in [3.8, 4) is 0 Å². The summed E-state index contributed by atoms with van der Waals surface area (Å²) in [5.74, 6) is 2.77. The lowest BCUT2D eigenvalue weighted by Gasteiger charge is -2.16. The van der Waals surface area contributed by atoms with Crippen LogP contribution in [0.5, 0.6) is 0 Å². The van der Waals surface area contributed by atoms with Gasteiger partial charge in [0.15, 0.2) is 0 Å². The number of rotatable bonds is 9. The minimum absolute atomic E-state index is 0.0600. The third kappa shape index (κ3) is 4.09. The maximum Gasteiger partial charge on any atom is 0.260 e. The van der Waals surface area contributed by atoms with Gasteiger partial charge in [0.2, 0.25) is 0 Å². The zero-order valence-corrected chi connectivity index (χ0v) is 15.8. The molecule has 0 spiro atoms. The lowest BCUT2D eigenvalue weighted by molar-refractivity contribution is 0.296. The lowest BCUT2D eigenvalue weighted by atomic mass is 10.1. The topological polar surface area (TPSA) is 61.0 Å². The van der Waals surface area contributed by atoms with Gasteiger partial charge in [0.1, 0.15) is 5.82 Å². The number of nitrogens with zero attached hydrogens (tertiary/aromatic N) is 2. The molecular formula is C21H30N4O. The zero-order chi connectivity index (χ0) is 17.9. The molecule has 2 atom stereocenters. The molecular weight excluding hydrogens is 324 g/mol. The van der Waals surface area contributed by atoms with Crippen LogP contribution in [-0.2, 0) is 0 Å². The predicted molar refractivity (Wildman–Crippen MR) is 107 cm³/mol. The summed E-state index contributed by atoms with van der Waals surface area (Å²) in [5, 5.41) is 4.09. The SMILES string of the molecule is Cc1nc2cccc(NCCCCCCCN3CC4CC4C3)c2c(=O)[nH]1. The number of unbranched alkanes of at least 4 members (excludes halogenated alkanes) is 4. The van der Waals surface area contributed by atoms with E-state index in [9.17, 15) is 4.79 Å². The molecule has 1 aromatic heterocycles. The van der Waals surface area contributed by atoms with Crippen molar-refractivity contribution < 1.29 is 0 Å². The Balaban J connectivity index is 1.15. The zero-order valence-electron chi connectivity index (χ0n) is 15.8. The molecule has 2 aromatic rings. The molecule has 1 aromatic carbocycles. The molecule has 1 saturated carbocycles. The summed E-state index contributed by atoms with van der Waals surface area (Å²) in [5.41, 5.74) is 1.59. The summed E-state index contributed by atoms with van der Waals surface area (Å²) < 4.78 is 0. The molecule has 4 rings (SSSR count). The monoisotopic (exact) mass is 354 g/mol. The number of H-pyrrole nitrogens is 1. The van der Waals surface area contributed by atoms with E-state index < -0.39 is 0 Å². The van der Waals surface area contributed by atoms with Crippen molar-refractivity contribution >= 4 is 16.6 Å². The average molecular weight is 354 g/mol. The van der Waals surface area contributed by atoms with E-state index in [1.807, 2.05) is 25.1 Å². The van der Waals surface area contributed by atoms with Crippen LogP contribution in [0, 0.1) is 18.8 Å². The molecule has 2 fully saturated rings. The quantitative estimate of drug-likeness (QED) is 0.676. The molecule has 2 aliphatic rings. The number of fused-ring (bicyclic) bond motifs is 2. The van der Waals surface area contributed by atoms with Crippen molar-refractivity contribution in [3.05, 3.63) is 34.4 Å². The number of benzene rings is 1. The number of nitrogens with one attached hydrogen (secondary N) is 2. The average Bonchev–Trinajstić information content (AvgIpc) is 3.23. The van der Waals surface area contributed by atoms with Crippen LogP contribution in [0.25, 0.3) is 10.9 Å². The van der Waals surface area contributed by atoms with Crippen molar-refractivity contribution in [2.75, 3.05) is 31.5 Å². The maximum absolute atomic E-state index is 12.2. The van der Waals surface area contributed by atoms with E-state index in [0.29, 0.717) is 11.2 Å². The van der Waals surface area contributed by atoms with Crippen LogP contribution in [0.3, 0.4) is 0 Å². The van der Waals surface area contributed by atoms with E-state index >= 15 is 0 Å². The maximum atomic E-state index is 12.2. The van der Waals surface area contributed by atoms with E-state index in [4.69, 9.17) is 0 Å². The highest BCUT2D eigenvalue weighted by molar-refractivity contribution is 5.90. The Morgan fingerprint density at radius 2 is 1.92 bits per heavy atom. The predicted octanol–water partition coefficient (Wildman–Crippen LogP) is 3.55. The second-order valence-corrected chi connectivity index (χ2v) is 8.06. The largest absolute Gasteiger partial charge is 0.384 e. The molecule has 2 N–H and O–H groups in total. The molecule has 0 radical (unpaired) electrons. The number of aromatic amines is 1. The number of piperidine rings is 1. The fraction of sp³-hybridized carbons (Fsp3) is 0.619. The van der Waals surface area contributed by atoms with E-state index in [2.05, 4.69) is 20.2 Å². The smallest absolute Gasteiger partial charge is 0.260 e. The summed E-state index contributed by atoms with van der Waals surface area (Å²) >= 11 is 0. The lowest BCUT2D eigenvalue weighted by Crippen LogP contribution is -2.23. The number of aryl methyl sites for hydroxylation is 1. The molecule has 26 heavy (non-hydrogen) atoms. The minimum Gasteiger partial charge on any atom is -0.384 e. The highest BCUT2D eigenvalue weighted by Crippen LogP contribution is 2.44. The minimum atomic E-state index is -0.0600. The van der Waals surface area contributed by atoms with Crippen LogP contribution in [0.1, 0.15) is 44.3 Å². The van der Waals surface area contributed by atoms with Crippen molar-refractivity contribution in [2.24, 2.45) is 11.8 Å². The van der Waals surface area contributed by atoms with Gasteiger partial charge in [-0.25, -0.2) is 4.98 Å². The van der Waals surface area contributed by atoms with Gasteiger partial charge >= 0.3 is 0 Å². The van der Waals surface area contributed by atoms with Crippen LogP contribution < -0.4 is 10.9 Å². The Morgan fingerprint density at radius 3 is 2.77 bits per heavy atom. The summed E-state index contributed by atoms with van der Waals surface area (Å²) in [7, 11) is 0. The third-order valence-electron chi connectivity index (χ3n) is 5.87. The van der Waals surface area contributed by atoms with Crippen LogP contribution in [0.2, 0.25) is 0 Å². The standard InChI is InChI=1S/C21H30N4O/c1-15-23-19-9-7-8-18(20(19)21(26)24-15)22-10-5-3-2-4-6-11-25-13-16-12-17(16)14-25/h7-9,16-17,22H,2-6,10-14H2,1H3,(H,23,24,26). The molecule has 1 saturated heterocycles. The van der Waals surface area contributed by atoms with Crippen LogP contribution in [0.15, 0.2) is 23.0 Å². The number of anilines is 1. The molecule has 140 valence electrons. The van der Waals surface area contributed by atoms with E-state index in [0.717, 1.165) is 36.0 Å². The Bertz CT molecular complexity index is 805. The fourth-order valence-corrected chi connectivity index (χ4v) is 4.35. The first-order chi connectivity index (χ1) is 12.7. The van der Waals surface area contributed by atoms with Crippen LogP contribution in [-0.4, -0.2) is 41.0 Å². The van der Waals surface area contributed by atoms with E-state index in [1.165, 1.54) is 51.7 Å². The number of hydrogen-bond donors (Lipinski definition) is 2. The van der Waals surface area contributed by atoms with E-state index in [-0.39, 0.29) is 5.56 Å². The van der Waals surface area contributed by atoms with Gasteiger partial charge in [0.25, 0.3) is 5.56 Å². The van der Waals surface area contributed by atoms with Crippen molar-refractivity contribution in [1.29, 1.82) is 0 Å². The van der Waals surface area contributed by atoms with Crippen LogP contribution in [0.4, 0.5) is 5.69 Å². The Kier molecular flexibility index (Phi) is 5.25. The number of aromatic nitrogens is 2. The van der Waals surface area contributed by atoms with Gasteiger partial charge in [-0.1, -0.05) is 25.3 Å². The summed E-state index contributed by atoms with van der Waals surface area (Å²) in [6, 6.07) is 5.82. The van der Waals surface area contributed by atoms with Crippen molar-refractivity contribution in [2.45, 2.75) is 45.4 Å². The fourth-order valence-electron chi connectivity index (χ4n) is 4.35. The van der Waals surface area contributed by atoms with Gasteiger partial charge in [-0.2, -0.15) is 0 Å². The molecule has 2 unspecified atom stereocenters. The summed E-state index contributed by atoms with van der Waals surface area (Å²) in [6.07, 6.45) is 7.87. The van der Waals surface area contributed by atoms with Crippen molar-refractivity contribution in [3.63, 3.8) is 0 Å². The molecule has 0 bridgehead atoms. The van der Waals surface area contributed by atoms with Gasteiger partial charge in [-0.15, -0.1) is 0 Å². The van der Waals surface area contributed by atoms with Gasteiger partial charge in [0, 0.05) is 25.3 Å². The first-order valence-corrected chi connectivity index (χ1v) is 10.2. The van der Waals surface area contributed by atoms with E-state index in [1.54, 1.807) is 0 Å². The van der Waals surface area contributed by atoms with Gasteiger partial charge in [-0.3, -0.25) is 4.79 Å². The number of likely N-dealkylation sites (tertiary alicyclic amines) is 1. The second kappa shape index (κ2) is 7.78. The molecule has 5 heteroatoms. The first kappa shape index (κ1) is 17.5. The van der Waals surface area contributed by atoms with Gasteiger partial charge in [0.05, 0.1) is 10.9 Å². The highest BCUT2D eigenvalue weighted by atomic mass is 16.1. The second-order valence-electron chi connectivity index (χ2n) is 8.06. The third-order valence-corrected chi connectivity index (χ3v) is 5.87. The van der Waals surface area contributed by atoms with Crippen molar-refractivity contribution in [1.82, 2.24) is 14.9 Å². The van der Waals surface area contributed by atoms with Gasteiger partial charge < -0.3 is 15.2 Å². The highest BCUT2D eigenvalue weighted by Gasteiger charge is 2.44. The molecule has 0 amide bonds. The molecule has 1 aliphatic carbocycles. The summed E-state index contributed by atoms with van der Waals surface area (Å²) in [6.45, 7) is 6.76. The summed E-state index contributed by atoms with van der Waals surface area (Å²) in [4.78, 5) is 22.1. The normalized spacial score (nSPS) is 21.9.